The van der Waals surface area contributed by atoms with Gasteiger partial charge in [-0.15, -0.1) is 0 Å². The predicted octanol–water partition coefficient (Wildman–Crippen LogP) is 2.60. The zero-order valence-corrected chi connectivity index (χ0v) is 9.63. The van der Waals surface area contributed by atoms with Crippen LogP contribution in [0.1, 0.15) is 31.5 Å². The zero-order valence-electron chi connectivity index (χ0n) is 9.63. The summed E-state index contributed by atoms with van der Waals surface area (Å²) in [6, 6.07) is 7.57. The highest BCUT2D eigenvalue weighted by Gasteiger charge is 2.21. The molecule has 4 nitrogen and oxygen atoms in total. The lowest BCUT2D eigenvalue weighted by molar-refractivity contribution is -0.139. The van der Waals surface area contributed by atoms with Gasteiger partial charge in [-0.1, -0.05) is 31.5 Å². The molecule has 1 aromatic carbocycles. The lowest BCUT2D eigenvalue weighted by atomic mass is 10.0. The van der Waals surface area contributed by atoms with Gasteiger partial charge in [-0.25, -0.2) is 9.97 Å². The van der Waals surface area contributed by atoms with Crippen molar-refractivity contribution in [3.63, 3.8) is 0 Å². The van der Waals surface area contributed by atoms with E-state index in [4.69, 9.17) is 5.11 Å². The average Bonchev–Trinajstić information content (AvgIpc) is 2.35. The van der Waals surface area contributed by atoms with Crippen molar-refractivity contribution in [1.82, 2.24) is 9.97 Å². The van der Waals surface area contributed by atoms with Gasteiger partial charge in [-0.05, 0) is 12.5 Å². The van der Waals surface area contributed by atoms with Crippen LogP contribution in [0, 0.1) is 0 Å². The Morgan fingerprint density at radius 1 is 1.41 bits per heavy atom. The van der Waals surface area contributed by atoms with Gasteiger partial charge in [-0.2, -0.15) is 0 Å². The summed E-state index contributed by atoms with van der Waals surface area (Å²) in [4.78, 5) is 19.6. The largest absolute Gasteiger partial charge is 0.481 e. The van der Waals surface area contributed by atoms with Gasteiger partial charge in [0.1, 0.15) is 11.7 Å². The first-order valence-electron chi connectivity index (χ1n) is 5.67. The molecule has 0 spiro atoms. The number of para-hydroxylation sites is 1. The van der Waals surface area contributed by atoms with Crippen molar-refractivity contribution in [3.8, 4) is 0 Å². The SMILES string of the molecule is CCCC(C(=O)O)c1ncc2ccccc2n1. The molecule has 0 saturated heterocycles. The fourth-order valence-corrected chi connectivity index (χ4v) is 1.81. The molecule has 1 N–H and O–H groups in total. The average molecular weight is 230 g/mol. The Labute approximate surface area is 99.3 Å². The molecule has 2 aromatic rings. The number of hydrogen-bond acceptors (Lipinski definition) is 3. The Kier molecular flexibility index (Phi) is 3.32. The highest BCUT2D eigenvalue weighted by atomic mass is 16.4. The monoisotopic (exact) mass is 230 g/mol. The molecular formula is C13H14N2O2. The number of aromatic nitrogens is 2. The molecule has 0 saturated carbocycles. The molecular weight excluding hydrogens is 216 g/mol. The minimum absolute atomic E-state index is 0.401. The summed E-state index contributed by atoms with van der Waals surface area (Å²) in [5, 5.41) is 10.1. The summed E-state index contributed by atoms with van der Waals surface area (Å²) < 4.78 is 0. The van der Waals surface area contributed by atoms with Crippen LogP contribution in [-0.2, 0) is 4.79 Å². The molecule has 0 amide bonds. The Hall–Kier alpha value is -1.97. The molecule has 2 rings (SSSR count). The van der Waals surface area contributed by atoms with E-state index in [9.17, 15) is 4.79 Å². The maximum Gasteiger partial charge on any atom is 0.314 e. The molecule has 1 atom stereocenters. The minimum Gasteiger partial charge on any atom is -0.481 e. The molecule has 1 aromatic heterocycles. The Morgan fingerprint density at radius 3 is 2.88 bits per heavy atom. The smallest absolute Gasteiger partial charge is 0.314 e. The van der Waals surface area contributed by atoms with Crippen LogP contribution in [0.15, 0.2) is 30.5 Å². The van der Waals surface area contributed by atoms with Gasteiger partial charge in [-0.3, -0.25) is 4.79 Å². The lowest BCUT2D eigenvalue weighted by Crippen LogP contribution is -2.14. The van der Waals surface area contributed by atoms with Gasteiger partial charge < -0.3 is 5.11 Å². The van der Waals surface area contributed by atoms with Crippen molar-refractivity contribution in [3.05, 3.63) is 36.3 Å². The van der Waals surface area contributed by atoms with E-state index in [1.807, 2.05) is 31.2 Å². The third-order valence-corrected chi connectivity index (χ3v) is 2.69. The van der Waals surface area contributed by atoms with Gasteiger partial charge in [0.2, 0.25) is 0 Å². The highest BCUT2D eigenvalue weighted by Crippen LogP contribution is 2.20. The molecule has 88 valence electrons. The summed E-state index contributed by atoms with van der Waals surface area (Å²) in [7, 11) is 0. The maximum atomic E-state index is 11.1. The molecule has 0 radical (unpaired) electrons. The number of carbonyl (C=O) groups is 1. The summed E-state index contributed by atoms with van der Waals surface area (Å²) in [5.74, 6) is -1.07. The first-order chi connectivity index (χ1) is 8.22. The van der Waals surface area contributed by atoms with E-state index in [2.05, 4.69) is 9.97 Å². The van der Waals surface area contributed by atoms with Gasteiger partial charge in [0.15, 0.2) is 0 Å². The molecule has 4 heteroatoms. The first kappa shape index (κ1) is 11.5. The molecule has 1 heterocycles. The summed E-state index contributed by atoms with van der Waals surface area (Å²) in [6.07, 6.45) is 3.05. The van der Waals surface area contributed by atoms with Crippen molar-refractivity contribution in [2.45, 2.75) is 25.7 Å². The van der Waals surface area contributed by atoms with E-state index in [0.717, 1.165) is 17.3 Å². The Morgan fingerprint density at radius 2 is 2.18 bits per heavy atom. The molecule has 17 heavy (non-hydrogen) atoms. The van der Waals surface area contributed by atoms with Crippen LogP contribution < -0.4 is 0 Å². The number of fused-ring (bicyclic) bond motifs is 1. The van der Waals surface area contributed by atoms with Crippen molar-refractivity contribution >= 4 is 16.9 Å². The van der Waals surface area contributed by atoms with Crippen molar-refractivity contribution in [2.24, 2.45) is 0 Å². The Bertz CT molecular complexity index is 540. The van der Waals surface area contributed by atoms with Crippen LogP contribution in [0.2, 0.25) is 0 Å². The number of carboxylic acid groups (broad SMARTS) is 1. The lowest BCUT2D eigenvalue weighted by Gasteiger charge is -2.09. The zero-order chi connectivity index (χ0) is 12.3. The molecule has 1 unspecified atom stereocenters. The van der Waals surface area contributed by atoms with Crippen LogP contribution in [0.3, 0.4) is 0 Å². The van der Waals surface area contributed by atoms with Crippen molar-refractivity contribution in [1.29, 1.82) is 0 Å². The highest BCUT2D eigenvalue weighted by molar-refractivity contribution is 5.79. The summed E-state index contributed by atoms with van der Waals surface area (Å²) in [6.45, 7) is 1.96. The van der Waals surface area contributed by atoms with E-state index in [1.54, 1.807) is 6.20 Å². The number of hydrogen-bond donors (Lipinski definition) is 1. The second-order valence-corrected chi connectivity index (χ2v) is 3.97. The van der Waals surface area contributed by atoms with E-state index in [1.165, 1.54) is 0 Å². The van der Waals surface area contributed by atoms with Gasteiger partial charge in [0.25, 0.3) is 0 Å². The number of benzene rings is 1. The minimum atomic E-state index is -0.859. The predicted molar refractivity (Wildman–Crippen MR) is 64.8 cm³/mol. The molecule has 0 aliphatic heterocycles. The van der Waals surface area contributed by atoms with Crippen LogP contribution in [-0.4, -0.2) is 21.0 Å². The van der Waals surface area contributed by atoms with E-state index in [0.29, 0.717) is 12.2 Å². The van der Waals surface area contributed by atoms with E-state index in [-0.39, 0.29) is 0 Å². The number of nitrogens with zero attached hydrogens (tertiary/aromatic N) is 2. The third kappa shape index (κ3) is 2.41. The maximum absolute atomic E-state index is 11.1. The van der Waals surface area contributed by atoms with Gasteiger partial charge >= 0.3 is 5.97 Å². The first-order valence-corrected chi connectivity index (χ1v) is 5.67. The summed E-state index contributed by atoms with van der Waals surface area (Å²) in [5.41, 5.74) is 0.792. The topological polar surface area (TPSA) is 63.1 Å². The van der Waals surface area contributed by atoms with Gasteiger partial charge in [0.05, 0.1) is 5.52 Å². The van der Waals surface area contributed by atoms with Crippen LogP contribution in [0.5, 0.6) is 0 Å². The molecule has 0 fully saturated rings. The fraction of sp³-hybridized carbons (Fsp3) is 0.308. The second kappa shape index (κ2) is 4.91. The van der Waals surface area contributed by atoms with Crippen LogP contribution >= 0.6 is 0 Å². The van der Waals surface area contributed by atoms with Crippen LogP contribution in [0.25, 0.3) is 10.9 Å². The summed E-state index contributed by atoms with van der Waals surface area (Å²) >= 11 is 0. The van der Waals surface area contributed by atoms with E-state index >= 15 is 0 Å². The van der Waals surface area contributed by atoms with Crippen molar-refractivity contribution in [2.75, 3.05) is 0 Å². The number of rotatable bonds is 4. The Balaban J connectivity index is 2.43. The molecule has 0 aliphatic rings. The third-order valence-electron chi connectivity index (χ3n) is 2.69. The fourth-order valence-electron chi connectivity index (χ4n) is 1.81. The van der Waals surface area contributed by atoms with Crippen molar-refractivity contribution < 1.29 is 9.90 Å². The molecule has 0 bridgehead atoms. The quantitative estimate of drug-likeness (QED) is 0.876. The van der Waals surface area contributed by atoms with Gasteiger partial charge in [0, 0.05) is 11.6 Å². The molecule has 0 aliphatic carbocycles. The van der Waals surface area contributed by atoms with E-state index < -0.39 is 11.9 Å². The second-order valence-electron chi connectivity index (χ2n) is 3.97. The number of carboxylic acids is 1. The number of aliphatic carboxylic acids is 1. The van der Waals surface area contributed by atoms with Crippen LogP contribution in [0.4, 0.5) is 0 Å². The standard InChI is InChI=1S/C13H14N2O2/c1-2-5-10(13(16)17)12-14-8-9-6-3-4-7-11(9)15-12/h3-4,6-8,10H,2,5H2,1H3,(H,16,17). The normalized spacial score (nSPS) is 12.5.